The number of nitrogen functional groups attached to an aromatic ring is 1. The Balaban J connectivity index is 2.37. The first-order valence-corrected chi connectivity index (χ1v) is 5.87. The van der Waals surface area contributed by atoms with Gasteiger partial charge in [-0.1, -0.05) is 43.3 Å². The third-order valence-corrected chi connectivity index (χ3v) is 3.00. The highest BCUT2D eigenvalue weighted by Crippen LogP contribution is 2.35. The van der Waals surface area contributed by atoms with E-state index < -0.39 is 5.92 Å². The average molecular weight is 247 g/mol. The number of rotatable bonds is 3. The molecule has 0 atom stereocenters. The number of halogens is 2. The number of alkyl halides is 2. The van der Waals surface area contributed by atoms with Gasteiger partial charge < -0.3 is 5.73 Å². The minimum absolute atomic E-state index is 0.00414. The van der Waals surface area contributed by atoms with E-state index in [4.69, 9.17) is 5.73 Å². The van der Waals surface area contributed by atoms with Crippen LogP contribution in [0.5, 0.6) is 0 Å². The van der Waals surface area contributed by atoms with E-state index in [0.29, 0.717) is 5.69 Å². The third kappa shape index (κ3) is 2.35. The number of hydrogen-bond donors (Lipinski definition) is 1. The highest BCUT2D eigenvalue weighted by Gasteiger charge is 2.33. The number of aryl methyl sites for hydroxylation is 1. The number of benzene rings is 2. The van der Waals surface area contributed by atoms with E-state index in [0.717, 1.165) is 12.0 Å². The second kappa shape index (κ2) is 4.77. The van der Waals surface area contributed by atoms with Crippen LogP contribution >= 0.6 is 0 Å². The fraction of sp³-hybridized carbons (Fsp3) is 0.200. The van der Waals surface area contributed by atoms with Crippen LogP contribution in [-0.4, -0.2) is 0 Å². The predicted molar refractivity (Wildman–Crippen MR) is 69.7 cm³/mol. The monoisotopic (exact) mass is 247 g/mol. The molecule has 0 amide bonds. The Labute approximate surface area is 105 Å². The molecule has 0 aliphatic carbocycles. The zero-order valence-corrected chi connectivity index (χ0v) is 10.2. The normalized spacial score (nSPS) is 11.5. The lowest BCUT2D eigenvalue weighted by Gasteiger charge is -2.17. The van der Waals surface area contributed by atoms with Crippen molar-refractivity contribution in [2.75, 3.05) is 5.73 Å². The zero-order valence-electron chi connectivity index (χ0n) is 10.2. The summed E-state index contributed by atoms with van der Waals surface area (Å²) in [4.78, 5) is 0. The molecular formula is C15H15F2N. The molecule has 2 aromatic carbocycles. The largest absolute Gasteiger partial charge is 0.399 e. The van der Waals surface area contributed by atoms with E-state index >= 15 is 0 Å². The summed E-state index contributed by atoms with van der Waals surface area (Å²) in [5, 5.41) is 0. The van der Waals surface area contributed by atoms with Crippen LogP contribution in [0.2, 0.25) is 0 Å². The fourth-order valence-electron chi connectivity index (χ4n) is 1.81. The summed E-state index contributed by atoms with van der Waals surface area (Å²) in [6.07, 6.45) is 0.841. The van der Waals surface area contributed by atoms with E-state index in [9.17, 15) is 8.78 Å². The Morgan fingerprint density at radius 1 is 0.889 bits per heavy atom. The van der Waals surface area contributed by atoms with Gasteiger partial charge in [0.1, 0.15) is 0 Å². The Bertz CT molecular complexity index is 515. The first-order valence-electron chi connectivity index (χ1n) is 5.87. The lowest BCUT2D eigenvalue weighted by Crippen LogP contribution is -2.15. The van der Waals surface area contributed by atoms with Crippen LogP contribution in [0.3, 0.4) is 0 Å². The van der Waals surface area contributed by atoms with Crippen LogP contribution in [0.15, 0.2) is 48.5 Å². The molecule has 94 valence electrons. The van der Waals surface area contributed by atoms with Crippen molar-refractivity contribution in [3.05, 3.63) is 65.2 Å². The van der Waals surface area contributed by atoms with Gasteiger partial charge in [-0.25, -0.2) is 0 Å². The van der Waals surface area contributed by atoms with Gasteiger partial charge in [0.2, 0.25) is 0 Å². The zero-order chi connectivity index (χ0) is 13.2. The average Bonchev–Trinajstić information content (AvgIpc) is 2.39. The van der Waals surface area contributed by atoms with Crippen molar-refractivity contribution in [1.29, 1.82) is 0 Å². The number of nitrogens with two attached hydrogens (primary N) is 1. The molecule has 18 heavy (non-hydrogen) atoms. The summed E-state index contributed by atoms with van der Waals surface area (Å²) in [6, 6.07) is 12.1. The molecule has 0 spiro atoms. The summed E-state index contributed by atoms with van der Waals surface area (Å²) in [5.74, 6) is -2.99. The number of hydrogen-bond acceptors (Lipinski definition) is 1. The third-order valence-electron chi connectivity index (χ3n) is 3.00. The highest BCUT2D eigenvalue weighted by molar-refractivity contribution is 5.43. The maximum absolute atomic E-state index is 14.2. The van der Waals surface area contributed by atoms with Gasteiger partial charge in [-0.3, -0.25) is 0 Å². The van der Waals surface area contributed by atoms with Crippen molar-refractivity contribution >= 4 is 5.69 Å². The van der Waals surface area contributed by atoms with Gasteiger partial charge in [0.15, 0.2) is 0 Å². The van der Waals surface area contributed by atoms with E-state index in [-0.39, 0.29) is 11.1 Å². The van der Waals surface area contributed by atoms with E-state index in [2.05, 4.69) is 0 Å². The van der Waals surface area contributed by atoms with Crippen LogP contribution in [-0.2, 0) is 12.3 Å². The number of anilines is 1. The van der Waals surface area contributed by atoms with Crippen LogP contribution in [0.4, 0.5) is 14.5 Å². The summed E-state index contributed by atoms with van der Waals surface area (Å²) < 4.78 is 28.4. The predicted octanol–water partition coefficient (Wildman–Crippen LogP) is 3.97. The molecule has 0 aromatic heterocycles. The highest BCUT2D eigenvalue weighted by atomic mass is 19.3. The van der Waals surface area contributed by atoms with E-state index in [1.165, 1.54) is 36.4 Å². The van der Waals surface area contributed by atoms with Crippen LogP contribution in [0, 0.1) is 0 Å². The van der Waals surface area contributed by atoms with Crippen molar-refractivity contribution in [2.24, 2.45) is 0 Å². The second-order valence-electron chi connectivity index (χ2n) is 4.25. The topological polar surface area (TPSA) is 26.0 Å². The summed E-state index contributed by atoms with van der Waals surface area (Å²) in [6.45, 7) is 1.99. The molecule has 0 bridgehead atoms. The smallest absolute Gasteiger partial charge is 0.298 e. The van der Waals surface area contributed by atoms with E-state index in [1.807, 2.05) is 6.92 Å². The maximum Gasteiger partial charge on any atom is 0.298 e. The molecule has 0 unspecified atom stereocenters. The van der Waals surface area contributed by atoms with Crippen LogP contribution in [0.25, 0.3) is 0 Å². The molecule has 2 N–H and O–H groups in total. The van der Waals surface area contributed by atoms with Crippen molar-refractivity contribution in [3.8, 4) is 0 Å². The lowest BCUT2D eigenvalue weighted by molar-refractivity contribution is 0.0428. The second-order valence-corrected chi connectivity index (χ2v) is 4.25. The molecule has 1 nitrogen and oxygen atoms in total. The van der Waals surface area contributed by atoms with Crippen molar-refractivity contribution in [3.63, 3.8) is 0 Å². The molecule has 0 saturated carbocycles. The van der Waals surface area contributed by atoms with Crippen LogP contribution < -0.4 is 5.73 Å². The Morgan fingerprint density at radius 2 is 1.33 bits per heavy atom. The first kappa shape index (κ1) is 12.6. The molecule has 0 heterocycles. The standard InChI is InChI=1S/C15H15F2N/c1-2-11-3-5-12(6-4-11)15(16,17)13-7-9-14(18)10-8-13/h3-10H,2,18H2,1H3. The van der Waals surface area contributed by atoms with Crippen molar-refractivity contribution in [1.82, 2.24) is 0 Å². The molecule has 2 aromatic rings. The van der Waals surface area contributed by atoms with Gasteiger partial charge >= 0.3 is 0 Å². The molecule has 0 aliphatic heterocycles. The molecule has 0 fully saturated rings. The minimum Gasteiger partial charge on any atom is -0.399 e. The molecule has 2 rings (SSSR count). The quantitative estimate of drug-likeness (QED) is 0.816. The van der Waals surface area contributed by atoms with E-state index in [1.54, 1.807) is 12.1 Å². The van der Waals surface area contributed by atoms with Gasteiger partial charge in [0.25, 0.3) is 5.92 Å². The first-order chi connectivity index (χ1) is 8.54. The van der Waals surface area contributed by atoms with Crippen LogP contribution in [0.1, 0.15) is 23.6 Å². The Hall–Kier alpha value is -1.90. The summed E-state index contributed by atoms with van der Waals surface area (Å²) in [5.41, 5.74) is 7.00. The molecule has 3 heteroatoms. The van der Waals surface area contributed by atoms with Gasteiger partial charge in [-0.05, 0) is 24.1 Å². The van der Waals surface area contributed by atoms with Gasteiger partial charge in [0.05, 0.1) is 0 Å². The Morgan fingerprint density at radius 3 is 1.78 bits per heavy atom. The fourth-order valence-corrected chi connectivity index (χ4v) is 1.81. The summed E-state index contributed by atoms with van der Waals surface area (Å²) >= 11 is 0. The molecule has 0 aliphatic rings. The molecule has 0 saturated heterocycles. The van der Waals surface area contributed by atoms with Gasteiger partial charge in [-0.15, -0.1) is 0 Å². The molecular weight excluding hydrogens is 232 g/mol. The van der Waals surface area contributed by atoms with Gasteiger partial charge in [0, 0.05) is 16.8 Å². The van der Waals surface area contributed by atoms with Crippen molar-refractivity contribution < 1.29 is 8.78 Å². The summed E-state index contributed by atoms with van der Waals surface area (Å²) in [7, 11) is 0. The maximum atomic E-state index is 14.2. The minimum atomic E-state index is -2.99. The Kier molecular flexibility index (Phi) is 3.32. The van der Waals surface area contributed by atoms with Gasteiger partial charge in [-0.2, -0.15) is 8.78 Å². The lowest BCUT2D eigenvalue weighted by atomic mass is 9.98. The SMILES string of the molecule is CCc1ccc(C(F)(F)c2ccc(N)cc2)cc1. The van der Waals surface area contributed by atoms with Crippen molar-refractivity contribution in [2.45, 2.75) is 19.3 Å². The molecule has 0 radical (unpaired) electrons.